The molecule has 0 aliphatic rings. The highest BCUT2D eigenvalue weighted by atomic mass is 15.1. The summed E-state index contributed by atoms with van der Waals surface area (Å²) in [6, 6.07) is 15.6. The van der Waals surface area contributed by atoms with Crippen molar-refractivity contribution >= 4 is 10.8 Å². The van der Waals surface area contributed by atoms with Crippen molar-refractivity contribution in [2.24, 2.45) is 5.73 Å². The predicted octanol–water partition coefficient (Wildman–Crippen LogP) is 3.18. The number of nitrogens with zero attached hydrogens (tertiary/aromatic N) is 1. The standard InChI is InChI=1S/C16H22N2/c1-3-18(11-10-17)13(2)15-9-8-14-6-4-5-7-16(14)12-15/h4-9,12-13H,3,10-11,17H2,1-2H3. The van der Waals surface area contributed by atoms with Gasteiger partial charge in [0.15, 0.2) is 0 Å². The summed E-state index contributed by atoms with van der Waals surface area (Å²) < 4.78 is 0. The van der Waals surface area contributed by atoms with E-state index < -0.39 is 0 Å². The molecule has 0 aliphatic carbocycles. The molecular weight excluding hydrogens is 220 g/mol. The van der Waals surface area contributed by atoms with E-state index in [0.717, 1.165) is 13.1 Å². The number of nitrogens with two attached hydrogens (primary N) is 1. The Morgan fingerprint density at radius 1 is 1.11 bits per heavy atom. The first-order valence-corrected chi connectivity index (χ1v) is 6.69. The molecule has 2 nitrogen and oxygen atoms in total. The Hall–Kier alpha value is -1.38. The molecule has 2 heteroatoms. The van der Waals surface area contributed by atoms with Crippen LogP contribution in [0.25, 0.3) is 10.8 Å². The van der Waals surface area contributed by atoms with E-state index in [2.05, 4.69) is 61.2 Å². The minimum Gasteiger partial charge on any atom is -0.329 e. The van der Waals surface area contributed by atoms with Crippen LogP contribution >= 0.6 is 0 Å². The Balaban J connectivity index is 2.29. The fraction of sp³-hybridized carbons (Fsp3) is 0.375. The van der Waals surface area contributed by atoms with Gasteiger partial charge in [0.25, 0.3) is 0 Å². The Morgan fingerprint density at radius 3 is 2.50 bits per heavy atom. The summed E-state index contributed by atoms with van der Waals surface area (Å²) in [5, 5.41) is 2.61. The molecular formula is C16H22N2. The summed E-state index contributed by atoms with van der Waals surface area (Å²) >= 11 is 0. The van der Waals surface area contributed by atoms with E-state index in [0.29, 0.717) is 12.6 Å². The van der Waals surface area contributed by atoms with Crippen molar-refractivity contribution in [3.05, 3.63) is 48.0 Å². The van der Waals surface area contributed by atoms with Crippen LogP contribution in [0.5, 0.6) is 0 Å². The van der Waals surface area contributed by atoms with Crippen LogP contribution in [0.2, 0.25) is 0 Å². The number of hydrogen-bond acceptors (Lipinski definition) is 2. The SMILES string of the molecule is CCN(CCN)C(C)c1ccc2ccccc2c1. The van der Waals surface area contributed by atoms with Gasteiger partial charge in [-0.1, -0.05) is 43.3 Å². The summed E-state index contributed by atoms with van der Waals surface area (Å²) in [5.74, 6) is 0. The quantitative estimate of drug-likeness (QED) is 0.872. The second kappa shape index (κ2) is 5.98. The summed E-state index contributed by atoms with van der Waals surface area (Å²) in [6.45, 7) is 7.14. The van der Waals surface area contributed by atoms with Gasteiger partial charge in [-0.3, -0.25) is 4.90 Å². The van der Waals surface area contributed by atoms with E-state index in [1.165, 1.54) is 16.3 Å². The maximum atomic E-state index is 5.67. The first-order chi connectivity index (χ1) is 8.76. The van der Waals surface area contributed by atoms with Crippen LogP contribution in [0.4, 0.5) is 0 Å². The van der Waals surface area contributed by atoms with Crippen molar-refractivity contribution < 1.29 is 0 Å². The Bertz CT molecular complexity index is 507. The normalized spacial score (nSPS) is 13.1. The lowest BCUT2D eigenvalue weighted by Crippen LogP contribution is -2.31. The van der Waals surface area contributed by atoms with Crippen molar-refractivity contribution in [1.29, 1.82) is 0 Å². The first-order valence-electron chi connectivity index (χ1n) is 6.69. The third-order valence-corrected chi connectivity index (χ3v) is 3.63. The van der Waals surface area contributed by atoms with Crippen LogP contribution < -0.4 is 5.73 Å². The van der Waals surface area contributed by atoms with E-state index in [9.17, 15) is 0 Å². The van der Waals surface area contributed by atoms with Crippen LogP contribution in [0.1, 0.15) is 25.5 Å². The average Bonchev–Trinajstić information content (AvgIpc) is 2.43. The van der Waals surface area contributed by atoms with Gasteiger partial charge in [0.1, 0.15) is 0 Å². The monoisotopic (exact) mass is 242 g/mol. The highest BCUT2D eigenvalue weighted by molar-refractivity contribution is 5.83. The molecule has 0 aliphatic heterocycles. The third kappa shape index (κ3) is 2.71. The Labute approximate surface area is 109 Å². The molecule has 0 fully saturated rings. The fourth-order valence-electron chi connectivity index (χ4n) is 2.47. The van der Waals surface area contributed by atoms with E-state index in [-0.39, 0.29) is 0 Å². The third-order valence-electron chi connectivity index (χ3n) is 3.63. The van der Waals surface area contributed by atoms with Gasteiger partial charge in [-0.2, -0.15) is 0 Å². The summed E-state index contributed by atoms with van der Waals surface area (Å²) in [7, 11) is 0. The van der Waals surface area contributed by atoms with Gasteiger partial charge in [-0.25, -0.2) is 0 Å². The average molecular weight is 242 g/mol. The van der Waals surface area contributed by atoms with Crippen molar-refractivity contribution in [2.75, 3.05) is 19.6 Å². The number of benzene rings is 2. The van der Waals surface area contributed by atoms with E-state index in [4.69, 9.17) is 5.73 Å². The predicted molar refractivity (Wildman–Crippen MR) is 78.7 cm³/mol. The molecule has 0 saturated heterocycles. The van der Waals surface area contributed by atoms with E-state index in [1.54, 1.807) is 0 Å². The minimum absolute atomic E-state index is 0.420. The molecule has 2 rings (SSSR count). The summed E-state index contributed by atoms with van der Waals surface area (Å²) in [5.41, 5.74) is 7.03. The zero-order chi connectivity index (χ0) is 13.0. The van der Waals surface area contributed by atoms with Gasteiger partial charge in [0.05, 0.1) is 0 Å². The fourth-order valence-corrected chi connectivity index (χ4v) is 2.47. The van der Waals surface area contributed by atoms with Gasteiger partial charge < -0.3 is 5.73 Å². The molecule has 2 aromatic rings. The van der Waals surface area contributed by atoms with E-state index in [1.807, 2.05) is 0 Å². The number of rotatable bonds is 5. The highest BCUT2D eigenvalue weighted by Gasteiger charge is 2.13. The van der Waals surface area contributed by atoms with Gasteiger partial charge in [0.2, 0.25) is 0 Å². The second-order valence-electron chi connectivity index (χ2n) is 4.70. The molecule has 18 heavy (non-hydrogen) atoms. The molecule has 0 amide bonds. The smallest absolute Gasteiger partial charge is 0.0320 e. The molecule has 0 heterocycles. The zero-order valence-corrected chi connectivity index (χ0v) is 11.3. The maximum Gasteiger partial charge on any atom is 0.0320 e. The molecule has 1 atom stereocenters. The molecule has 1 unspecified atom stereocenters. The van der Waals surface area contributed by atoms with Crippen LogP contribution in [0.15, 0.2) is 42.5 Å². The van der Waals surface area contributed by atoms with Crippen molar-refractivity contribution in [1.82, 2.24) is 4.90 Å². The molecule has 0 aromatic heterocycles. The minimum atomic E-state index is 0.420. The molecule has 2 aromatic carbocycles. The topological polar surface area (TPSA) is 29.3 Å². The zero-order valence-electron chi connectivity index (χ0n) is 11.3. The maximum absolute atomic E-state index is 5.67. The lowest BCUT2D eigenvalue weighted by Gasteiger charge is -2.27. The summed E-state index contributed by atoms with van der Waals surface area (Å²) in [6.07, 6.45) is 0. The van der Waals surface area contributed by atoms with Gasteiger partial charge >= 0.3 is 0 Å². The van der Waals surface area contributed by atoms with Gasteiger partial charge in [-0.05, 0) is 35.9 Å². The van der Waals surface area contributed by atoms with Crippen LogP contribution in [0, 0.1) is 0 Å². The van der Waals surface area contributed by atoms with Crippen molar-refractivity contribution in [3.63, 3.8) is 0 Å². The Morgan fingerprint density at radius 2 is 1.83 bits per heavy atom. The molecule has 0 saturated carbocycles. The molecule has 2 N–H and O–H groups in total. The molecule has 0 bridgehead atoms. The molecule has 0 radical (unpaired) electrons. The van der Waals surface area contributed by atoms with Crippen LogP contribution in [0.3, 0.4) is 0 Å². The van der Waals surface area contributed by atoms with Crippen molar-refractivity contribution in [2.45, 2.75) is 19.9 Å². The number of hydrogen-bond donors (Lipinski definition) is 1. The highest BCUT2D eigenvalue weighted by Crippen LogP contribution is 2.24. The lowest BCUT2D eigenvalue weighted by atomic mass is 10.0. The second-order valence-corrected chi connectivity index (χ2v) is 4.70. The lowest BCUT2D eigenvalue weighted by molar-refractivity contribution is 0.228. The Kier molecular flexibility index (Phi) is 4.34. The first kappa shape index (κ1) is 13.1. The summed E-state index contributed by atoms with van der Waals surface area (Å²) in [4.78, 5) is 2.41. The van der Waals surface area contributed by atoms with Crippen LogP contribution in [-0.2, 0) is 0 Å². The molecule has 96 valence electrons. The van der Waals surface area contributed by atoms with Crippen molar-refractivity contribution in [3.8, 4) is 0 Å². The number of fused-ring (bicyclic) bond motifs is 1. The van der Waals surface area contributed by atoms with Gasteiger partial charge in [0, 0.05) is 19.1 Å². The largest absolute Gasteiger partial charge is 0.329 e. The van der Waals surface area contributed by atoms with E-state index >= 15 is 0 Å². The number of likely N-dealkylation sites (N-methyl/N-ethyl adjacent to an activating group) is 1. The van der Waals surface area contributed by atoms with Gasteiger partial charge in [-0.15, -0.1) is 0 Å². The molecule has 0 spiro atoms. The van der Waals surface area contributed by atoms with Crippen LogP contribution in [-0.4, -0.2) is 24.5 Å².